The Morgan fingerprint density at radius 2 is 1.64 bits per heavy atom. The molecule has 2 aliphatic heterocycles. The van der Waals surface area contributed by atoms with Crippen LogP contribution in [-0.2, 0) is 4.79 Å². The Kier molecular flexibility index (Phi) is 7.31. The zero-order chi connectivity index (χ0) is 19.9. The molecule has 0 aliphatic carbocycles. The molecule has 1 N–H and O–H groups in total. The van der Waals surface area contributed by atoms with Crippen molar-refractivity contribution in [3.8, 4) is 0 Å². The lowest BCUT2D eigenvalue weighted by Gasteiger charge is -2.36. The van der Waals surface area contributed by atoms with E-state index in [-0.39, 0.29) is 5.91 Å². The predicted octanol–water partition coefficient (Wildman–Crippen LogP) is 2.26. The van der Waals surface area contributed by atoms with Crippen molar-refractivity contribution in [3.05, 3.63) is 35.4 Å². The molecular weight excluding hydrogens is 350 g/mol. The molecule has 6 nitrogen and oxygen atoms in total. The van der Waals surface area contributed by atoms with Crippen molar-refractivity contribution in [2.75, 3.05) is 52.4 Å². The Bertz CT molecular complexity index is 658. The SMILES string of the molecule is CCNC(=NCC(c1ccc(C)cc1)N1CCCC1)N1CCN(C(C)=O)CC1. The molecule has 0 aromatic heterocycles. The molecule has 0 saturated carbocycles. The maximum atomic E-state index is 11.6. The average Bonchev–Trinajstić information content (AvgIpc) is 3.23. The van der Waals surface area contributed by atoms with Gasteiger partial charge >= 0.3 is 0 Å². The number of aliphatic imine (C=N–C) groups is 1. The van der Waals surface area contributed by atoms with E-state index in [0.717, 1.165) is 58.3 Å². The van der Waals surface area contributed by atoms with Gasteiger partial charge in [-0.05, 0) is 45.3 Å². The molecule has 2 fully saturated rings. The fourth-order valence-electron chi connectivity index (χ4n) is 4.11. The largest absolute Gasteiger partial charge is 0.357 e. The van der Waals surface area contributed by atoms with Crippen LogP contribution in [0.5, 0.6) is 0 Å². The minimum Gasteiger partial charge on any atom is -0.357 e. The van der Waals surface area contributed by atoms with Crippen LogP contribution < -0.4 is 5.32 Å². The maximum absolute atomic E-state index is 11.6. The van der Waals surface area contributed by atoms with E-state index < -0.39 is 0 Å². The van der Waals surface area contributed by atoms with Gasteiger partial charge in [0.25, 0.3) is 0 Å². The standard InChI is InChI=1S/C22H35N5O/c1-4-23-22(27-15-13-25(14-16-27)19(3)28)24-17-21(26-11-5-6-12-26)20-9-7-18(2)8-10-20/h7-10,21H,4-6,11-17H2,1-3H3,(H,23,24). The van der Waals surface area contributed by atoms with Crippen LogP contribution in [0.15, 0.2) is 29.3 Å². The van der Waals surface area contributed by atoms with Gasteiger partial charge in [0, 0.05) is 39.6 Å². The zero-order valence-corrected chi connectivity index (χ0v) is 17.7. The second-order valence-electron chi connectivity index (χ2n) is 7.86. The van der Waals surface area contributed by atoms with Crippen LogP contribution in [-0.4, -0.2) is 78.9 Å². The van der Waals surface area contributed by atoms with Gasteiger partial charge in [-0.1, -0.05) is 29.8 Å². The molecule has 6 heteroatoms. The Labute approximate surface area is 169 Å². The van der Waals surface area contributed by atoms with Crippen molar-refractivity contribution in [1.29, 1.82) is 0 Å². The highest BCUT2D eigenvalue weighted by Gasteiger charge is 2.25. The topological polar surface area (TPSA) is 51.2 Å². The van der Waals surface area contributed by atoms with Gasteiger partial charge in [-0.25, -0.2) is 0 Å². The molecule has 2 saturated heterocycles. The molecule has 1 aromatic carbocycles. The summed E-state index contributed by atoms with van der Waals surface area (Å²) in [5.74, 6) is 1.14. The van der Waals surface area contributed by atoms with Crippen molar-refractivity contribution in [2.45, 2.75) is 39.7 Å². The number of nitrogens with one attached hydrogen (secondary N) is 1. The summed E-state index contributed by atoms with van der Waals surface area (Å²) in [7, 11) is 0. The Hall–Kier alpha value is -2.08. The third-order valence-corrected chi connectivity index (χ3v) is 5.82. The maximum Gasteiger partial charge on any atom is 0.219 e. The first kappa shape index (κ1) is 20.6. The van der Waals surface area contributed by atoms with E-state index in [1.54, 1.807) is 6.92 Å². The highest BCUT2D eigenvalue weighted by molar-refractivity contribution is 5.80. The number of hydrogen-bond donors (Lipinski definition) is 1. The number of likely N-dealkylation sites (tertiary alicyclic amines) is 1. The number of piperazine rings is 1. The smallest absolute Gasteiger partial charge is 0.219 e. The van der Waals surface area contributed by atoms with Crippen LogP contribution in [0.2, 0.25) is 0 Å². The first-order valence-corrected chi connectivity index (χ1v) is 10.7. The monoisotopic (exact) mass is 385 g/mol. The van der Waals surface area contributed by atoms with Gasteiger partial charge in [0.1, 0.15) is 0 Å². The molecule has 2 aliphatic rings. The van der Waals surface area contributed by atoms with E-state index in [4.69, 9.17) is 4.99 Å². The summed E-state index contributed by atoms with van der Waals surface area (Å²) < 4.78 is 0. The van der Waals surface area contributed by atoms with Gasteiger partial charge in [0.05, 0.1) is 12.6 Å². The van der Waals surface area contributed by atoms with Gasteiger partial charge in [-0.2, -0.15) is 0 Å². The molecular formula is C22H35N5O. The fourth-order valence-corrected chi connectivity index (χ4v) is 4.11. The summed E-state index contributed by atoms with van der Waals surface area (Å²) in [6.45, 7) is 13.0. The molecule has 1 atom stereocenters. The van der Waals surface area contributed by atoms with Crippen LogP contribution in [0.4, 0.5) is 0 Å². The van der Waals surface area contributed by atoms with Crippen LogP contribution in [0.25, 0.3) is 0 Å². The first-order valence-electron chi connectivity index (χ1n) is 10.7. The summed E-state index contributed by atoms with van der Waals surface area (Å²) in [5, 5.41) is 3.46. The lowest BCUT2D eigenvalue weighted by Crippen LogP contribution is -2.53. The summed E-state index contributed by atoms with van der Waals surface area (Å²) in [6.07, 6.45) is 2.55. The Balaban J connectivity index is 1.72. The van der Waals surface area contributed by atoms with Crippen molar-refractivity contribution in [3.63, 3.8) is 0 Å². The van der Waals surface area contributed by atoms with E-state index in [0.29, 0.717) is 6.04 Å². The van der Waals surface area contributed by atoms with Crippen molar-refractivity contribution < 1.29 is 4.79 Å². The average molecular weight is 386 g/mol. The summed E-state index contributed by atoms with van der Waals surface area (Å²) in [6, 6.07) is 9.25. The van der Waals surface area contributed by atoms with Crippen molar-refractivity contribution >= 4 is 11.9 Å². The normalized spacial score (nSPS) is 19.8. The predicted molar refractivity (Wildman–Crippen MR) is 115 cm³/mol. The minimum atomic E-state index is 0.162. The summed E-state index contributed by atoms with van der Waals surface area (Å²) >= 11 is 0. The summed E-state index contributed by atoms with van der Waals surface area (Å²) in [4.78, 5) is 23.4. The van der Waals surface area contributed by atoms with E-state index in [9.17, 15) is 4.79 Å². The van der Waals surface area contributed by atoms with Gasteiger partial charge in [-0.15, -0.1) is 0 Å². The molecule has 0 spiro atoms. The van der Waals surface area contributed by atoms with Crippen molar-refractivity contribution in [2.24, 2.45) is 4.99 Å². The second-order valence-corrected chi connectivity index (χ2v) is 7.86. The van der Waals surface area contributed by atoms with Crippen LogP contribution in [0.3, 0.4) is 0 Å². The minimum absolute atomic E-state index is 0.162. The number of hydrogen-bond acceptors (Lipinski definition) is 3. The van der Waals surface area contributed by atoms with Crippen LogP contribution in [0.1, 0.15) is 43.9 Å². The molecule has 0 radical (unpaired) electrons. The summed E-state index contributed by atoms with van der Waals surface area (Å²) in [5.41, 5.74) is 2.65. The number of benzene rings is 1. The number of aryl methyl sites for hydroxylation is 1. The number of amides is 1. The Morgan fingerprint density at radius 1 is 1.04 bits per heavy atom. The third kappa shape index (κ3) is 5.25. The molecule has 154 valence electrons. The van der Waals surface area contributed by atoms with E-state index in [1.165, 1.54) is 24.0 Å². The number of nitrogens with zero attached hydrogens (tertiary/aromatic N) is 4. The van der Waals surface area contributed by atoms with Crippen LogP contribution >= 0.6 is 0 Å². The molecule has 1 unspecified atom stereocenters. The number of carbonyl (C=O) groups is 1. The molecule has 3 rings (SSSR count). The molecule has 1 amide bonds. The Morgan fingerprint density at radius 3 is 2.21 bits per heavy atom. The lowest BCUT2D eigenvalue weighted by atomic mass is 10.0. The van der Waals surface area contributed by atoms with Gasteiger partial charge in [-0.3, -0.25) is 14.7 Å². The molecule has 2 heterocycles. The quantitative estimate of drug-likeness (QED) is 0.624. The molecule has 28 heavy (non-hydrogen) atoms. The zero-order valence-electron chi connectivity index (χ0n) is 17.7. The third-order valence-electron chi connectivity index (χ3n) is 5.82. The van der Waals surface area contributed by atoms with E-state index in [2.05, 4.69) is 53.2 Å². The number of rotatable bonds is 5. The van der Waals surface area contributed by atoms with Gasteiger partial charge in [0.15, 0.2) is 5.96 Å². The first-order chi connectivity index (χ1) is 13.6. The number of guanidine groups is 1. The van der Waals surface area contributed by atoms with Crippen molar-refractivity contribution in [1.82, 2.24) is 20.0 Å². The van der Waals surface area contributed by atoms with E-state index in [1.807, 2.05) is 4.90 Å². The molecule has 1 aromatic rings. The van der Waals surface area contributed by atoms with Gasteiger partial charge < -0.3 is 15.1 Å². The second kappa shape index (κ2) is 9.92. The van der Waals surface area contributed by atoms with E-state index >= 15 is 0 Å². The fraction of sp³-hybridized carbons (Fsp3) is 0.636. The highest BCUT2D eigenvalue weighted by Crippen LogP contribution is 2.26. The van der Waals surface area contributed by atoms with Crippen LogP contribution in [0, 0.1) is 6.92 Å². The number of carbonyl (C=O) groups excluding carboxylic acids is 1. The van der Waals surface area contributed by atoms with Gasteiger partial charge in [0.2, 0.25) is 5.91 Å². The lowest BCUT2D eigenvalue weighted by molar-refractivity contribution is -0.130. The molecule has 0 bridgehead atoms. The highest BCUT2D eigenvalue weighted by atomic mass is 16.2.